The Balaban J connectivity index is 1.98. The third-order valence-electron chi connectivity index (χ3n) is 3.46. The van der Waals surface area contributed by atoms with Crippen LogP contribution in [0.3, 0.4) is 0 Å². The van der Waals surface area contributed by atoms with Crippen molar-refractivity contribution in [3.8, 4) is 0 Å². The number of halogens is 1. The van der Waals surface area contributed by atoms with Gasteiger partial charge in [0.1, 0.15) is 5.82 Å². The first-order chi connectivity index (χ1) is 10.4. The van der Waals surface area contributed by atoms with E-state index in [1.807, 2.05) is 24.6 Å². The number of rotatable bonds is 3. The number of benzene rings is 2. The number of hydrogen-bond donors (Lipinski definition) is 1. The molecule has 0 unspecified atom stereocenters. The van der Waals surface area contributed by atoms with Gasteiger partial charge in [0.05, 0.1) is 21.6 Å². The molecular formula is C15H14ClN3O2S. The summed E-state index contributed by atoms with van der Waals surface area (Å²) in [6.07, 6.45) is 0. The molecule has 0 saturated heterocycles. The normalized spacial score (nSPS) is 11.8. The molecule has 0 aliphatic heterocycles. The van der Waals surface area contributed by atoms with Crippen LogP contribution < -0.4 is 4.72 Å². The molecule has 1 aromatic heterocycles. The number of aromatic nitrogens is 2. The van der Waals surface area contributed by atoms with Gasteiger partial charge in [0, 0.05) is 12.1 Å². The van der Waals surface area contributed by atoms with Crippen molar-refractivity contribution in [2.75, 3.05) is 4.72 Å². The molecule has 0 aliphatic carbocycles. The number of sulfonamides is 1. The summed E-state index contributed by atoms with van der Waals surface area (Å²) in [6.45, 7) is 1.90. The van der Waals surface area contributed by atoms with Gasteiger partial charge in [0.25, 0.3) is 10.0 Å². The van der Waals surface area contributed by atoms with Crippen LogP contribution in [0, 0.1) is 6.92 Å². The Bertz CT molecular complexity index is 964. The molecule has 1 heterocycles. The lowest BCUT2D eigenvalue weighted by Crippen LogP contribution is -2.12. The maximum atomic E-state index is 12.4. The second-order valence-electron chi connectivity index (χ2n) is 4.98. The van der Waals surface area contributed by atoms with E-state index in [2.05, 4.69) is 9.71 Å². The molecular weight excluding hydrogens is 322 g/mol. The highest BCUT2D eigenvalue weighted by Crippen LogP contribution is 2.23. The quantitative estimate of drug-likeness (QED) is 0.798. The average molecular weight is 336 g/mol. The van der Waals surface area contributed by atoms with E-state index in [0.29, 0.717) is 10.7 Å². The number of aryl methyl sites for hydroxylation is 2. The Hall–Kier alpha value is -2.05. The number of nitrogens with one attached hydrogen (secondary N) is 1. The lowest BCUT2D eigenvalue weighted by atomic mass is 10.3. The molecule has 0 radical (unpaired) electrons. The number of nitrogens with zero attached hydrogens (tertiary/aromatic N) is 2. The Kier molecular flexibility index (Phi) is 3.58. The maximum absolute atomic E-state index is 12.4. The van der Waals surface area contributed by atoms with Crippen LogP contribution in [0.15, 0.2) is 47.4 Å². The number of hydrogen-bond acceptors (Lipinski definition) is 3. The Morgan fingerprint density at radius 3 is 2.68 bits per heavy atom. The predicted octanol–water partition coefficient (Wildman–Crippen LogP) is 3.34. The van der Waals surface area contributed by atoms with Gasteiger partial charge in [-0.3, -0.25) is 4.72 Å². The fourth-order valence-corrected chi connectivity index (χ4v) is 3.58. The highest BCUT2D eigenvalue weighted by molar-refractivity contribution is 7.92. The van der Waals surface area contributed by atoms with E-state index in [-0.39, 0.29) is 4.90 Å². The summed E-state index contributed by atoms with van der Waals surface area (Å²) in [5.41, 5.74) is 2.15. The van der Waals surface area contributed by atoms with Crippen LogP contribution in [0.1, 0.15) is 5.82 Å². The first kappa shape index (κ1) is 14.9. The minimum atomic E-state index is -3.68. The van der Waals surface area contributed by atoms with Crippen LogP contribution in [0.5, 0.6) is 0 Å². The fraction of sp³-hybridized carbons (Fsp3) is 0.133. The maximum Gasteiger partial charge on any atom is 0.261 e. The van der Waals surface area contributed by atoms with Crippen molar-refractivity contribution in [1.82, 2.24) is 9.55 Å². The van der Waals surface area contributed by atoms with Crippen molar-refractivity contribution >= 4 is 38.3 Å². The molecule has 22 heavy (non-hydrogen) atoms. The third-order valence-corrected chi connectivity index (χ3v) is 5.08. The Morgan fingerprint density at radius 2 is 1.95 bits per heavy atom. The van der Waals surface area contributed by atoms with Gasteiger partial charge in [-0.15, -0.1) is 0 Å². The monoisotopic (exact) mass is 335 g/mol. The summed E-state index contributed by atoms with van der Waals surface area (Å²) >= 11 is 5.85. The highest BCUT2D eigenvalue weighted by atomic mass is 35.5. The van der Waals surface area contributed by atoms with Gasteiger partial charge >= 0.3 is 0 Å². The molecule has 0 bridgehead atoms. The summed E-state index contributed by atoms with van der Waals surface area (Å²) in [5, 5.41) is 0.374. The van der Waals surface area contributed by atoms with Gasteiger partial charge in [-0.2, -0.15) is 0 Å². The van der Waals surface area contributed by atoms with Crippen LogP contribution >= 0.6 is 11.6 Å². The van der Waals surface area contributed by atoms with Gasteiger partial charge < -0.3 is 4.57 Å². The molecule has 3 rings (SSSR count). The van der Waals surface area contributed by atoms with Crippen LogP contribution in [0.4, 0.5) is 5.69 Å². The van der Waals surface area contributed by atoms with E-state index in [0.717, 1.165) is 16.9 Å². The molecule has 1 N–H and O–H groups in total. The molecule has 3 aromatic rings. The van der Waals surface area contributed by atoms with Crippen molar-refractivity contribution in [1.29, 1.82) is 0 Å². The van der Waals surface area contributed by atoms with Gasteiger partial charge in [-0.25, -0.2) is 13.4 Å². The Labute approximate surface area is 133 Å². The topological polar surface area (TPSA) is 64.0 Å². The molecule has 0 atom stereocenters. The second kappa shape index (κ2) is 5.30. The zero-order valence-electron chi connectivity index (χ0n) is 12.0. The molecule has 0 spiro atoms. The van der Waals surface area contributed by atoms with E-state index in [4.69, 9.17) is 11.6 Å². The van der Waals surface area contributed by atoms with Crippen LogP contribution in [0.25, 0.3) is 11.0 Å². The average Bonchev–Trinajstić information content (AvgIpc) is 2.73. The smallest absolute Gasteiger partial charge is 0.261 e. The van der Waals surface area contributed by atoms with E-state index in [1.54, 1.807) is 24.3 Å². The van der Waals surface area contributed by atoms with Gasteiger partial charge in [0.2, 0.25) is 0 Å². The van der Waals surface area contributed by atoms with Gasteiger partial charge in [0.15, 0.2) is 0 Å². The molecule has 114 valence electrons. The molecule has 2 aromatic carbocycles. The molecule has 7 heteroatoms. The molecule has 0 fully saturated rings. The number of anilines is 1. The minimum Gasteiger partial charge on any atom is -0.331 e. The fourth-order valence-electron chi connectivity index (χ4n) is 2.23. The van der Waals surface area contributed by atoms with E-state index < -0.39 is 10.0 Å². The van der Waals surface area contributed by atoms with Crippen LogP contribution in [0.2, 0.25) is 5.02 Å². The summed E-state index contributed by atoms with van der Waals surface area (Å²) in [5.74, 6) is 0.866. The van der Waals surface area contributed by atoms with Crippen molar-refractivity contribution in [2.24, 2.45) is 7.05 Å². The lowest BCUT2D eigenvalue weighted by molar-refractivity contribution is 0.601. The molecule has 0 amide bonds. The van der Waals surface area contributed by atoms with Crippen LogP contribution in [-0.2, 0) is 17.1 Å². The van der Waals surface area contributed by atoms with Crippen molar-refractivity contribution in [2.45, 2.75) is 11.8 Å². The number of fused-ring (bicyclic) bond motifs is 1. The van der Waals surface area contributed by atoms with Crippen molar-refractivity contribution in [3.63, 3.8) is 0 Å². The largest absolute Gasteiger partial charge is 0.331 e. The first-order valence-electron chi connectivity index (χ1n) is 6.58. The molecule has 0 saturated carbocycles. The third kappa shape index (κ3) is 2.67. The number of imidazole rings is 1. The van der Waals surface area contributed by atoms with Gasteiger partial charge in [-0.05, 0) is 43.3 Å². The summed E-state index contributed by atoms with van der Waals surface area (Å²) in [6, 6.07) is 11.4. The second-order valence-corrected chi connectivity index (χ2v) is 7.10. The van der Waals surface area contributed by atoms with Crippen molar-refractivity contribution in [3.05, 3.63) is 53.3 Å². The van der Waals surface area contributed by atoms with E-state index >= 15 is 0 Å². The zero-order valence-corrected chi connectivity index (χ0v) is 13.6. The predicted molar refractivity (Wildman–Crippen MR) is 87.7 cm³/mol. The highest BCUT2D eigenvalue weighted by Gasteiger charge is 2.15. The van der Waals surface area contributed by atoms with E-state index in [9.17, 15) is 8.42 Å². The van der Waals surface area contributed by atoms with Gasteiger partial charge in [-0.1, -0.05) is 17.7 Å². The minimum absolute atomic E-state index is 0.122. The van der Waals surface area contributed by atoms with Crippen LogP contribution in [-0.4, -0.2) is 18.0 Å². The molecule has 0 aliphatic rings. The summed E-state index contributed by atoms with van der Waals surface area (Å²) in [7, 11) is -1.76. The van der Waals surface area contributed by atoms with Crippen molar-refractivity contribution < 1.29 is 8.42 Å². The lowest BCUT2D eigenvalue weighted by Gasteiger charge is -2.08. The Morgan fingerprint density at radius 1 is 1.18 bits per heavy atom. The molecule has 5 nitrogen and oxygen atoms in total. The summed E-state index contributed by atoms with van der Waals surface area (Å²) < 4.78 is 29.2. The van der Waals surface area contributed by atoms with E-state index in [1.165, 1.54) is 12.1 Å². The SMILES string of the molecule is Cc1nc2cc(NS(=O)(=O)c3cccc(Cl)c3)ccc2n1C. The summed E-state index contributed by atoms with van der Waals surface area (Å²) in [4.78, 5) is 4.52. The first-order valence-corrected chi connectivity index (χ1v) is 8.44. The standard InChI is InChI=1S/C15H14ClN3O2S/c1-10-17-14-9-12(6-7-15(14)19(10)2)18-22(20,21)13-5-3-4-11(16)8-13/h3-9,18H,1-2H3. The zero-order chi connectivity index (χ0) is 15.9.